The number of nitrogens with zero attached hydrogens (tertiary/aromatic N) is 3. The Morgan fingerprint density at radius 1 is 1.38 bits per heavy atom. The number of aromatic amines is 1. The van der Waals surface area contributed by atoms with E-state index in [0.717, 1.165) is 30.5 Å². The third-order valence-electron chi connectivity index (χ3n) is 5.03. The molecule has 1 aromatic heterocycles. The van der Waals surface area contributed by atoms with Gasteiger partial charge >= 0.3 is 0 Å². The van der Waals surface area contributed by atoms with Crippen molar-refractivity contribution >= 4 is 5.91 Å². The molecule has 1 saturated heterocycles. The van der Waals surface area contributed by atoms with Crippen LogP contribution in [0.5, 0.6) is 0 Å². The van der Waals surface area contributed by atoms with Crippen LogP contribution in [0.4, 0.5) is 0 Å². The number of hydrogen-bond acceptors (Lipinski definition) is 4. The standard InChI is InChI=1S/C20H28N4O2/c1-16-5-3-6-17(11-16)14-24-9-4-8-20(26,19(24)25)15-23(2)10-7-18-12-21-22-13-18/h3,5-6,11-13,26H,4,7-10,14-15H2,1-2H3,(H,21,22). The lowest BCUT2D eigenvalue weighted by atomic mass is 9.90. The third kappa shape index (κ3) is 4.51. The largest absolute Gasteiger partial charge is 0.379 e. The zero-order chi connectivity index (χ0) is 18.6. The van der Waals surface area contributed by atoms with E-state index in [-0.39, 0.29) is 5.91 Å². The highest BCUT2D eigenvalue weighted by atomic mass is 16.3. The molecule has 2 N–H and O–H groups in total. The summed E-state index contributed by atoms with van der Waals surface area (Å²) in [6.07, 6.45) is 5.86. The van der Waals surface area contributed by atoms with Crippen LogP contribution in [0.25, 0.3) is 0 Å². The number of likely N-dealkylation sites (N-methyl/N-ethyl adjacent to an activating group) is 1. The molecule has 6 nitrogen and oxygen atoms in total. The quantitative estimate of drug-likeness (QED) is 0.793. The van der Waals surface area contributed by atoms with E-state index in [4.69, 9.17) is 0 Å². The number of aliphatic hydroxyl groups is 1. The molecular weight excluding hydrogens is 328 g/mol. The highest BCUT2D eigenvalue weighted by Gasteiger charge is 2.42. The van der Waals surface area contributed by atoms with Crippen LogP contribution >= 0.6 is 0 Å². The van der Waals surface area contributed by atoms with Crippen LogP contribution in [-0.4, -0.2) is 63.3 Å². The number of nitrogens with one attached hydrogen (secondary N) is 1. The first kappa shape index (κ1) is 18.6. The van der Waals surface area contributed by atoms with Gasteiger partial charge in [-0.3, -0.25) is 9.89 Å². The maximum atomic E-state index is 12.9. The molecule has 0 aliphatic carbocycles. The SMILES string of the molecule is Cc1cccc(CN2CCCC(O)(CN(C)CCc3cn[nH]c3)C2=O)c1. The molecule has 0 radical (unpaired) electrons. The molecule has 3 rings (SSSR count). The second-order valence-corrected chi connectivity index (χ2v) is 7.45. The zero-order valence-electron chi connectivity index (χ0n) is 15.6. The van der Waals surface area contributed by atoms with Gasteiger partial charge in [-0.05, 0) is 44.4 Å². The maximum absolute atomic E-state index is 12.9. The van der Waals surface area contributed by atoms with Crippen LogP contribution in [0.3, 0.4) is 0 Å². The van der Waals surface area contributed by atoms with E-state index >= 15 is 0 Å². The van der Waals surface area contributed by atoms with Crippen molar-refractivity contribution in [1.29, 1.82) is 0 Å². The van der Waals surface area contributed by atoms with Crippen LogP contribution in [-0.2, 0) is 17.8 Å². The molecular formula is C20H28N4O2. The minimum atomic E-state index is -1.30. The molecule has 2 aromatic rings. The average Bonchev–Trinajstić information content (AvgIpc) is 3.11. The fourth-order valence-corrected chi connectivity index (χ4v) is 3.65. The number of carbonyl (C=O) groups is 1. The van der Waals surface area contributed by atoms with E-state index in [1.165, 1.54) is 5.56 Å². The van der Waals surface area contributed by atoms with Crippen molar-refractivity contribution in [3.05, 3.63) is 53.3 Å². The van der Waals surface area contributed by atoms with Crippen LogP contribution in [0.2, 0.25) is 0 Å². The molecule has 1 amide bonds. The number of benzene rings is 1. The molecule has 26 heavy (non-hydrogen) atoms. The Bertz CT molecular complexity index is 731. The monoisotopic (exact) mass is 356 g/mol. The topological polar surface area (TPSA) is 72.5 Å². The maximum Gasteiger partial charge on any atom is 0.256 e. The lowest BCUT2D eigenvalue weighted by Crippen LogP contribution is -2.58. The predicted molar refractivity (Wildman–Crippen MR) is 101 cm³/mol. The van der Waals surface area contributed by atoms with Crippen LogP contribution in [0.1, 0.15) is 29.5 Å². The van der Waals surface area contributed by atoms with Crippen molar-refractivity contribution in [2.24, 2.45) is 0 Å². The first-order chi connectivity index (χ1) is 12.5. The summed E-state index contributed by atoms with van der Waals surface area (Å²) in [5, 5.41) is 17.8. The molecule has 0 bridgehead atoms. The van der Waals surface area contributed by atoms with Gasteiger partial charge in [-0.25, -0.2) is 0 Å². The molecule has 1 unspecified atom stereocenters. The lowest BCUT2D eigenvalue weighted by molar-refractivity contribution is -0.159. The van der Waals surface area contributed by atoms with Crippen LogP contribution < -0.4 is 0 Å². The summed E-state index contributed by atoms with van der Waals surface area (Å²) >= 11 is 0. The minimum Gasteiger partial charge on any atom is -0.379 e. The molecule has 140 valence electrons. The molecule has 1 aliphatic heterocycles. The predicted octanol–water partition coefficient (Wildman–Crippen LogP) is 1.75. The number of H-pyrrole nitrogens is 1. The molecule has 1 aliphatic rings. The van der Waals surface area contributed by atoms with Crippen molar-refractivity contribution < 1.29 is 9.90 Å². The Hall–Kier alpha value is -2.18. The molecule has 1 aromatic carbocycles. The summed E-state index contributed by atoms with van der Waals surface area (Å²) in [6.45, 7) is 4.43. The normalized spacial score (nSPS) is 20.8. The Morgan fingerprint density at radius 2 is 2.23 bits per heavy atom. The van der Waals surface area contributed by atoms with E-state index in [1.807, 2.05) is 43.3 Å². The Morgan fingerprint density at radius 3 is 2.96 bits per heavy atom. The highest BCUT2D eigenvalue weighted by molar-refractivity contribution is 5.86. The summed E-state index contributed by atoms with van der Waals surface area (Å²) in [4.78, 5) is 16.8. The van der Waals surface area contributed by atoms with E-state index < -0.39 is 5.60 Å². The fraction of sp³-hybridized carbons (Fsp3) is 0.500. The second kappa shape index (κ2) is 8.01. The summed E-state index contributed by atoms with van der Waals surface area (Å²) in [5.41, 5.74) is 2.12. The van der Waals surface area contributed by atoms with Gasteiger partial charge in [0.05, 0.1) is 6.20 Å². The smallest absolute Gasteiger partial charge is 0.256 e. The number of aromatic nitrogens is 2. The van der Waals surface area contributed by atoms with Crippen molar-refractivity contribution in [3.8, 4) is 0 Å². The van der Waals surface area contributed by atoms with E-state index in [1.54, 1.807) is 11.1 Å². The van der Waals surface area contributed by atoms with Gasteiger partial charge in [0.15, 0.2) is 5.60 Å². The molecule has 1 atom stereocenters. The number of likely N-dealkylation sites (tertiary alicyclic amines) is 1. The minimum absolute atomic E-state index is 0.152. The van der Waals surface area contributed by atoms with E-state index in [0.29, 0.717) is 26.1 Å². The molecule has 1 fully saturated rings. The van der Waals surface area contributed by atoms with Gasteiger partial charge < -0.3 is 14.9 Å². The van der Waals surface area contributed by atoms with Crippen molar-refractivity contribution in [3.63, 3.8) is 0 Å². The Kier molecular flexibility index (Phi) is 5.74. The number of rotatable bonds is 7. The van der Waals surface area contributed by atoms with Crippen LogP contribution in [0.15, 0.2) is 36.7 Å². The van der Waals surface area contributed by atoms with Crippen molar-refractivity contribution in [2.45, 2.75) is 38.3 Å². The Labute approximate surface area is 154 Å². The first-order valence-corrected chi connectivity index (χ1v) is 9.20. The summed E-state index contributed by atoms with van der Waals surface area (Å²) in [6, 6.07) is 8.19. The summed E-state index contributed by atoms with van der Waals surface area (Å²) < 4.78 is 0. The van der Waals surface area contributed by atoms with Gasteiger partial charge in [0.25, 0.3) is 5.91 Å². The van der Waals surface area contributed by atoms with Crippen molar-refractivity contribution in [2.75, 3.05) is 26.7 Å². The Balaban J connectivity index is 1.59. The number of hydrogen-bond donors (Lipinski definition) is 2. The molecule has 0 saturated carbocycles. The molecule has 6 heteroatoms. The molecule has 0 spiro atoms. The fourth-order valence-electron chi connectivity index (χ4n) is 3.65. The molecule has 2 heterocycles. The zero-order valence-corrected chi connectivity index (χ0v) is 15.6. The van der Waals surface area contributed by atoms with Gasteiger partial charge in [-0.2, -0.15) is 5.10 Å². The highest BCUT2D eigenvalue weighted by Crippen LogP contribution is 2.25. The number of piperidine rings is 1. The van der Waals surface area contributed by atoms with Gasteiger partial charge in [0.2, 0.25) is 0 Å². The number of aryl methyl sites for hydroxylation is 1. The van der Waals surface area contributed by atoms with Gasteiger partial charge in [0.1, 0.15) is 0 Å². The first-order valence-electron chi connectivity index (χ1n) is 9.20. The van der Waals surface area contributed by atoms with Crippen LogP contribution in [0, 0.1) is 6.92 Å². The van der Waals surface area contributed by atoms with E-state index in [9.17, 15) is 9.90 Å². The van der Waals surface area contributed by atoms with Crippen molar-refractivity contribution in [1.82, 2.24) is 20.0 Å². The number of carbonyl (C=O) groups excluding carboxylic acids is 1. The summed E-state index contributed by atoms with van der Waals surface area (Å²) in [5.74, 6) is -0.152. The average molecular weight is 356 g/mol. The lowest BCUT2D eigenvalue weighted by Gasteiger charge is -2.40. The summed E-state index contributed by atoms with van der Waals surface area (Å²) in [7, 11) is 1.95. The van der Waals surface area contributed by atoms with Gasteiger partial charge in [0, 0.05) is 32.4 Å². The second-order valence-electron chi connectivity index (χ2n) is 7.45. The van der Waals surface area contributed by atoms with Gasteiger partial charge in [-0.1, -0.05) is 29.8 Å². The number of amides is 1. The third-order valence-corrected chi connectivity index (χ3v) is 5.03. The van der Waals surface area contributed by atoms with E-state index in [2.05, 4.69) is 16.3 Å². The van der Waals surface area contributed by atoms with Gasteiger partial charge in [-0.15, -0.1) is 0 Å².